The summed E-state index contributed by atoms with van der Waals surface area (Å²) in [4.78, 5) is 4.38. The second kappa shape index (κ2) is 7.76. The highest BCUT2D eigenvalue weighted by molar-refractivity contribution is 5.65. The molecule has 21 heavy (non-hydrogen) atoms. The molecule has 1 heterocycles. The predicted octanol–water partition coefficient (Wildman–Crippen LogP) is 2.49. The van der Waals surface area contributed by atoms with E-state index in [1.54, 1.807) is 6.20 Å². The van der Waals surface area contributed by atoms with Gasteiger partial charge in [0.05, 0.1) is 0 Å². The van der Waals surface area contributed by atoms with Crippen molar-refractivity contribution in [2.45, 2.75) is 26.0 Å². The zero-order valence-corrected chi connectivity index (χ0v) is 12.5. The quantitative estimate of drug-likeness (QED) is 0.821. The lowest BCUT2D eigenvalue weighted by molar-refractivity contribution is 0.105. The van der Waals surface area contributed by atoms with E-state index >= 15 is 0 Å². The summed E-state index contributed by atoms with van der Waals surface area (Å²) < 4.78 is 5.73. The maximum absolute atomic E-state index is 9.91. The van der Waals surface area contributed by atoms with Gasteiger partial charge in [-0.05, 0) is 12.1 Å². The zero-order chi connectivity index (χ0) is 15.1. The van der Waals surface area contributed by atoms with Gasteiger partial charge in [0.15, 0.2) is 0 Å². The summed E-state index contributed by atoms with van der Waals surface area (Å²) >= 11 is 0. The molecule has 0 radical (unpaired) electrons. The minimum atomic E-state index is -0.545. The molecule has 0 spiro atoms. The van der Waals surface area contributed by atoms with Crippen molar-refractivity contribution in [3.63, 3.8) is 0 Å². The highest BCUT2D eigenvalue weighted by Crippen LogP contribution is 2.27. The fourth-order valence-corrected chi connectivity index (χ4v) is 1.94. The van der Waals surface area contributed by atoms with Crippen molar-refractivity contribution in [2.24, 2.45) is 0 Å². The lowest BCUT2D eigenvalue weighted by Gasteiger charge is -2.16. The number of hydrogen-bond donors (Lipinski definition) is 2. The molecule has 1 unspecified atom stereocenters. The van der Waals surface area contributed by atoms with Crippen molar-refractivity contribution in [3.8, 4) is 17.0 Å². The largest absolute Gasteiger partial charge is 0.489 e. The van der Waals surface area contributed by atoms with E-state index in [9.17, 15) is 5.11 Å². The number of nitrogens with one attached hydrogen (secondary N) is 1. The Morgan fingerprint density at radius 1 is 1.14 bits per heavy atom. The molecule has 0 fully saturated rings. The van der Waals surface area contributed by atoms with Crippen molar-refractivity contribution >= 4 is 0 Å². The van der Waals surface area contributed by atoms with E-state index in [1.165, 1.54) is 0 Å². The smallest absolute Gasteiger partial charge is 0.145 e. The Kier molecular flexibility index (Phi) is 5.72. The maximum Gasteiger partial charge on any atom is 0.145 e. The summed E-state index contributed by atoms with van der Waals surface area (Å²) in [7, 11) is 0. The van der Waals surface area contributed by atoms with Gasteiger partial charge >= 0.3 is 0 Å². The number of benzene rings is 1. The van der Waals surface area contributed by atoms with Crippen LogP contribution in [0.3, 0.4) is 0 Å². The molecule has 4 nitrogen and oxygen atoms in total. The first kappa shape index (κ1) is 15.5. The van der Waals surface area contributed by atoms with E-state index in [0.717, 1.165) is 11.3 Å². The minimum Gasteiger partial charge on any atom is -0.489 e. The average molecular weight is 286 g/mol. The number of rotatable bonds is 7. The van der Waals surface area contributed by atoms with E-state index in [-0.39, 0.29) is 6.61 Å². The molecular weight excluding hydrogens is 264 g/mol. The van der Waals surface area contributed by atoms with Gasteiger partial charge in [-0.2, -0.15) is 0 Å². The van der Waals surface area contributed by atoms with Gasteiger partial charge in [0.2, 0.25) is 0 Å². The van der Waals surface area contributed by atoms with Gasteiger partial charge in [0, 0.05) is 24.3 Å². The van der Waals surface area contributed by atoms with Crippen LogP contribution in [-0.2, 0) is 0 Å². The molecule has 0 aliphatic carbocycles. The molecule has 1 atom stereocenters. The van der Waals surface area contributed by atoms with Crippen LogP contribution in [0.2, 0.25) is 0 Å². The van der Waals surface area contributed by atoms with Crippen LogP contribution in [-0.4, -0.2) is 35.4 Å². The summed E-state index contributed by atoms with van der Waals surface area (Å²) in [6, 6.07) is 13.9. The standard InChI is InChI=1S/C17H22N2O2/c1-13(2)19-11-15(20)12-21-16-9-6-10-18-17(16)14-7-4-3-5-8-14/h3-10,13,15,19-20H,11-12H2,1-2H3. The molecule has 4 heteroatoms. The van der Waals surface area contributed by atoms with Crippen LogP contribution >= 0.6 is 0 Å². The molecule has 0 saturated carbocycles. The lowest BCUT2D eigenvalue weighted by atomic mass is 10.1. The first-order valence-electron chi connectivity index (χ1n) is 7.21. The van der Waals surface area contributed by atoms with Crippen LogP contribution in [0.15, 0.2) is 48.7 Å². The maximum atomic E-state index is 9.91. The molecule has 1 aromatic carbocycles. The molecule has 0 saturated heterocycles. The Bertz CT molecular complexity index is 543. The van der Waals surface area contributed by atoms with Crippen LogP contribution in [0.4, 0.5) is 0 Å². The average Bonchev–Trinajstić information content (AvgIpc) is 2.52. The Hall–Kier alpha value is -1.91. The monoisotopic (exact) mass is 286 g/mol. The number of ether oxygens (including phenoxy) is 1. The van der Waals surface area contributed by atoms with Crippen LogP contribution in [0.5, 0.6) is 5.75 Å². The number of aromatic nitrogens is 1. The fourth-order valence-electron chi connectivity index (χ4n) is 1.94. The molecule has 2 N–H and O–H groups in total. The zero-order valence-electron chi connectivity index (χ0n) is 12.5. The number of hydrogen-bond acceptors (Lipinski definition) is 4. The van der Waals surface area contributed by atoms with E-state index in [0.29, 0.717) is 18.3 Å². The second-order valence-corrected chi connectivity index (χ2v) is 5.24. The van der Waals surface area contributed by atoms with E-state index < -0.39 is 6.10 Å². The third-order valence-corrected chi connectivity index (χ3v) is 3.01. The molecular formula is C17H22N2O2. The third-order valence-electron chi connectivity index (χ3n) is 3.01. The molecule has 2 rings (SSSR count). The van der Waals surface area contributed by atoms with Gasteiger partial charge in [-0.3, -0.25) is 4.98 Å². The SMILES string of the molecule is CC(C)NCC(O)COc1cccnc1-c1ccccc1. The number of nitrogens with zero attached hydrogens (tertiary/aromatic N) is 1. The molecule has 0 aliphatic heterocycles. The summed E-state index contributed by atoms with van der Waals surface area (Å²) in [5.41, 5.74) is 1.80. The highest BCUT2D eigenvalue weighted by atomic mass is 16.5. The molecule has 0 aliphatic rings. The van der Waals surface area contributed by atoms with Crippen LogP contribution in [0.1, 0.15) is 13.8 Å². The Balaban J connectivity index is 2.01. The van der Waals surface area contributed by atoms with Gasteiger partial charge in [0.1, 0.15) is 24.2 Å². The van der Waals surface area contributed by atoms with E-state index in [1.807, 2.05) is 56.3 Å². The summed E-state index contributed by atoms with van der Waals surface area (Å²) in [6.07, 6.45) is 1.20. The molecule has 112 valence electrons. The third kappa shape index (κ3) is 4.85. The van der Waals surface area contributed by atoms with E-state index in [4.69, 9.17) is 4.74 Å². The van der Waals surface area contributed by atoms with Crippen molar-refractivity contribution in [2.75, 3.05) is 13.2 Å². The molecule has 2 aromatic rings. The Labute approximate surface area is 125 Å². The van der Waals surface area contributed by atoms with Gasteiger partial charge < -0.3 is 15.2 Å². The number of pyridine rings is 1. The first-order chi connectivity index (χ1) is 10.2. The fraction of sp³-hybridized carbons (Fsp3) is 0.353. The summed E-state index contributed by atoms with van der Waals surface area (Å²) in [5.74, 6) is 0.687. The van der Waals surface area contributed by atoms with Gasteiger partial charge in [-0.25, -0.2) is 0 Å². The molecule has 0 bridgehead atoms. The van der Waals surface area contributed by atoms with Crippen molar-refractivity contribution in [1.82, 2.24) is 10.3 Å². The van der Waals surface area contributed by atoms with Crippen LogP contribution in [0.25, 0.3) is 11.3 Å². The normalized spacial score (nSPS) is 12.4. The number of aliphatic hydroxyl groups is 1. The van der Waals surface area contributed by atoms with Crippen molar-refractivity contribution < 1.29 is 9.84 Å². The first-order valence-corrected chi connectivity index (χ1v) is 7.21. The molecule has 0 amide bonds. The summed E-state index contributed by atoms with van der Waals surface area (Å²) in [6.45, 7) is 4.84. The van der Waals surface area contributed by atoms with Crippen LogP contribution < -0.4 is 10.1 Å². The topological polar surface area (TPSA) is 54.4 Å². The number of aliphatic hydroxyl groups excluding tert-OH is 1. The van der Waals surface area contributed by atoms with E-state index in [2.05, 4.69) is 10.3 Å². The van der Waals surface area contributed by atoms with Gasteiger partial charge in [0.25, 0.3) is 0 Å². The van der Waals surface area contributed by atoms with Crippen molar-refractivity contribution in [1.29, 1.82) is 0 Å². The van der Waals surface area contributed by atoms with Crippen molar-refractivity contribution in [3.05, 3.63) is 48.7 Å². The van der Waals surface area contributed by atoms with Crippen LogP contribution in [0, 0.1) is 0 Å². The Morgan fingerprint density at radius 2 is 1.90 bits per heavy atom. The summed E-state index contributed by atoms with van der Waals surface area (Å²) in [5, 5.41) is 13.1. The second-order valence-electron chi connectivity index (χ2n) is 5.24. The highest BCUT2D eigenvalue weighted by Gasteiger charge is 2.10. The van der Waals surface area contributed by atoms with Gasteiger partial charge in [-0.15, -0.1) is 0 Å². The van der Waals surface area contributed by atoms with Gasteiger partial charge in [-0.1, -0.05) is 44.2 Å². The minimum absolute atomic E-state index is 0.241. The lowest BCUT2D eigenvalue weighted by Crippen LogP contribution is -2.35. The Morgan fingerprint density at radius 3 is 2.62 bits per heavy atom. The predicted molar refractivity (Wildman–Crippen MR) is 84.3 cm³/mol. The molecule has 1 aromatic heterocycles.